The second-order valence-electron chi connectivity index (χ2n) is 5.11. The highest BCUT2D eigenvalue weighted by Crippen LogP contribution is 2.47. The van der Waals surface area contributed by atoms with Crippen molar-refractivity contribution in [3.63, 3.8) is 0 Å². The number of rotatable bonds is 1. The maximum atomic E-state index is 7.17. The van der Waals surface area contributed by atoms with E-state index in [-0.39, 0.29) is 0 Å². The van der Waals surface area contributed by atoms with Gasteiger partial charge in [-0.3, -0.25) is 0 Å². The highest BCUT2D eigenvalue weighted by atomic mass is 32.2. The highest BCUT2D eigenvalue weighted by Gasteiger charge is 2.18. The number of nitrogens with one attached hydrogen (secondary N) is 1. The van der Waals surface area contributed by atoms with Crippen molar-refractivity contribution in [1.29, 1.82) is 0 Å². The summed E-state index contributed by atoms with van der Waals surface area (Å²) in [6, 6.07) is 25.5. The van der Waals surface area contributed by atoms with Crippen molar-refractivity contribution in [2.45, 2.75) is 9.79 Å². The maximum Gasteiger partial charge on any atom is 0.631 e. The maximum absolute atomic E-state index is 7.17. The first kappa shape index (κ1) is 16.6. The van der Waals surface area contributed by atoms with Gasteiger partial charge < -0.3 is 20.4 Å². The van der Waals surface area contributed by atoms with Gasteiger partial charge in [0.2, 0.25) is 0 Å². The summed E-state index contributed by atoms with van der Waals surface area (Å²) in [5, 5.41) is 25.1. The number of benzene rings is 3. The van der Waals surface area contributed by atoms with E-state index in [1.54, 1.807) is 0 Å². The molecular formula is C18H16BNO3S. The average molecular weight is 337 g/mol. The van der Waals surface area contributed by atoms with Crippen LogP contribution in [-0.2, 0) is 0 Å². The van der Waals surface area contributed by atoms with E-state index in [2.05, 4.69) is 78.1 Å². The highest BCUT2D eigenvalue weighted by molar-refractivity contribution is 7.99. The fourth-order valence-electron chi connectivity index (χ4n) is 2.52. The van der Waals surface area contributed by atoms with Gasteiger partial charge in [-0.2, -0.15) is 0 Å². The van der Waals surface area contributed by atoms with E-state index in [0.717, 1.165) is 0 Å². The Kier molecular flexibility index (Phi) is 5.22. The molecule has 0 aromatic heterocycles. The van der Waals surface area contributed by atoms with Gasteiger partial charge in [0.1, 0.15) is 0 Å². The number of hydrogen-bond acceptors (Lipinski definition) is 5. The third kappa shape index (κ3) is 3.80. The molecule has 0 unspecified atom stereocenters. The molecule has 0 aliphatic carbocycles. The van der Waals surface area contributed by atoms with Crippen LogP contribution in [0.5, 0.6) is 0 Å². The van der Waals surface area contributed by atoms with E-state index in [0.29, 0.717) is 0 Å². The van der Waals surface area contributed by atoms with Crippen molar-refractivity contribution in [3.8, 4) is 11.1 Å². The second kappa shape index (κ2) is 7.55. The molecule has 0 saturated carbocycles. The topological polar surface area (TPSA) is 72.7 Å². The molecule has 3 aromatic carbocycles. The summed E-state index contributed by atoms with van der Waals surface area (Å²) in [4.78, 5) is 2.57. The molecule has 0 radical (unpaired) electrons. The Bertz CT molecular complexity index is 825. The summed E-state index contributed by atoms with van der Waals surface area (Å²) in [6.07, 6.45) is 0. The lowest BCUT2D eigenvalue weighted by Crippen LogP contribution is -2.07. The molecule has 4 rings (SSSR count). The minimum Gasteiger partial charge on any atom is -0.402 e. The lowest BCUT2D eigenvalue weighted by molar-refractivity contribution is 0.278. The Balaban J connectivity index is 0.000000383. The van der Waals surface area contributed by atoms with Crippen LogP contribution in [0.3, 0.4) is 0 Å². The summed E-state index contributed by atoms with van der Waals surface area (Å²) in [7, 11) is -2.17. The monoisotopic (exact) mass is 337 g/mol. The largest absolute Gasteiger partial charge is 0.631 e. The van der Waals surface area contributed by atoms with Gasteiger partial charge in [-0.1, -0.05) is 66.4 Å². The lowest BCUT2D eigenvalue weighted by Gasteiger charge is -2.23. The molecule has 0 spiro atoms. The first-order chi connectivity index (χ1) is 11.6. The molecular weight excluding hydrogens is 321 g/mol. The molecule has 24 heavy (non-hydrogen) atoms. The summed E-state index contributed by atoms with van der Waals surface area (Å²) in [5.74, 6) is 0. The number of anilines is 2. The molecule has 1 aliphatic heterocycles. The Morgan fingerprint density at radius 1 is 0.708 bits per heavy atom. The van der Waals surface area contributed by atoms with Crippen LogP contribution < -0.4 is 5.32 Å². The molecule has 0 amide bonds. The van der Waals surface area contributed by atoms with E-state index in [1.807, 2.05) is 11.8 Å². The normalized spacial score (nSPS) is 11.3. The predicted octanol–water partition coefficient (Wildman–Crippen LogP) is 3.51. The van der Waals surface area contributed by atoms with Gasteiger partial charge >= 0.3 is 7.32 Å². The number of hydrogen-bond donors (Lipinski definition) is 4. The van der Waals surface area contributed by atoms with Gasteiger partial charge in [-0.05, 0) is 23.8 Å². The van der Waals surface area contributed by atoms with Crippen molar-refractivity contribution >= 4 is 30.5 Å². The molecule has 3 aromatic rings. The third-order valence-electron chi connectivity index (χ3n) is 3.48. The summed E-state index contributed by atoms with van der Waals surface area (Å²) < 4.78 is 0. The van der Waals surface area contributed by atoms with Crippen LogP contribution in [0.25, 0.3) is 11.1 Å². The predicted molar refractivity (Wildman–Crippen MR) is 98.1 cm³/mol. The number of para-hydroxylation sites is 2. The summed E-state index contributed by atoms with van der Waals surface area (Å²) >= 11 is 1.83. The van der Waals surface area contributed by atoms with Crippen molar-refractivity contribution < 1.29 is 15.1 Å². The Labute approximate surface area is 145 Å². The zero-order valence-electron chi connectivity index (χ0n) is 12.8. The molecule has 120 valence electrons. The zero-order valence-corrected chi connectivity index (χ0v) is 13.6. The van der Waals surface area contributed by atoms with Crippen LogP contribution in [0.15, 0.2) is 82.6 Å². The Hall–Kier alpha value is -2.25. The average Bonchev–Trinajstić information content (AvgIpc) is 2.60. The van der Waals surface area contributed by atoms with Gasteiger partial charge in [0.25, 0.3) is 0 Å². The van der Waals surface area contributed by atoms with Crippen molar-refractivity contribution in [3.05, 3.63) is 72.8 Å². The van der Waals surface area contributed by atoms with Crippen LogP contribution in [0.2, 0.25) is 0 Å². The Morgan fingerprint density at radius 3 is 2.08 bits per heavy atom. The zero-order chi connectivity index (χ0) is 16.9. The van der Waals surface area contributed by atoms with Crippen LogP contribution in [0, 0.1) is 0 Å². The van der Waals surface area contributed by atoms with E-state index in [1.165, 1.54) is 32.3 Å². The van der Waals surface area contributed by atoms with Crippen LogP contribution in [-0.4, -0.2) is 22.4 Å². The van der Waals surface area contributed by atoms with Gasteiger partial charge in [0.05, 0.1) is 11.4 Å². The smallest absolute Gasteiger partial charge is 0.402 e. The SMILES string of the molecule is OB(O)O.c1ccc(-c2cccc3c2Nc2ccccc2S3)cc1. The third-order valence-corrected chi connectivity index (χ3v) is 4.61. The Morgan fingerprint density at radius 2 is 1.33 bits per heavy atom. The molecule has 0 atom stereocenters. The van der Waals surface area contributed by atoms with Crippen molar-refractivity contribution in [2.24, 2.45) is 0 Å². The van der Waals surface area contributed by atoms with Crippen molar-refractivity contribution in [2.75, 3.05) is 5.32 Å². The fourth-order valence-corrected chi connectivity index (χ4v) is 3.54. The van der Waals surface area contributed by atoms with E-state index < -0.39 is 7.32 Å². The van der Waals surface area contributed by atoms with Crippen LogP contribution in [0.4, 0.5) is 11.4 Å². The first-order valence-corrected chi connectivity index (χ1v) is 8.23. The molecule has 0 bridgehead atoms. The molecule has 4 N–H and O–H groups in total. The van der Waals surface area contributed by atoms with E-state index >= 15 is 0 Å². The quantitative estimate of drug-likeness (QED) is 0.400. The first-order valence-electron chi connectivity index (χ1n) is 7.41. The van der Waals surface area contributed by atoms with E-state index in [4.69, 9.17) is 15.1 Å². The van der Waals surface area contributed by atoms with Gasteiger partial charge in [-0.15, -0.1) is 0 Å². The summed E-state index contributed by atoms with van der Waals surface area (Å²) in [6.45, 7) is 0. The fraction of sp³-hybridized carbons (Fsp3) is 0. The molecule has 1 heterocycles. The molecule has 0 fully saturated rings. The molecule has 1 aliphatic rings. The molecule has 4 nitrogen and oxygen atoms in total. The van der Waals surface area contributed by atoms with Crippen molar-refractivity contribution in [1.82, 2.24) is 0 Å². The molecule has 6 heteroatoms. The minimum absolute atomic E-state index is 1.19. The van der Waals surface area contributed by atoms with Crippen LogP contribution >= 0.6 is 11.8 Å². The van der Waals surface area contributed by atoms with Gasteiger partial charge in [-0.25, -0.2) is 0 Å². The summed E-state index contributed by atoms with van der Waals surface area (Å²) in [5.41, 5.74) is 4.90. The standard InChI is InChI=1S/C18H13NS.BH3O3/c1-2-7-13(8-3-1)14-9-6-12-17-18(14)19-15-10-4-5-11-16(15)20-17;2-1(3)4/h1-12,19H;2-4H. The van der Waals surface area contributed by atoms with Crippen LogP contribution in [0.1, 0.15) is 0 Å². The molecule has 0 saturated heterocycles. The lowest BCUT2D eigenvalue weighted by atomic mass is 10.0. The minimum atomic E-state index is -2.17. The second-order valence-corrected chi connectivity index (χ2v) is 6.20. The van der Waals surface area contributed by atoms with Gasteiger partial charge in [0.15, 0.2) is 0 Å². The van der Waals surface area contributed by atoms with E-state index in [9.17, 15) is 0 Å². The number of fused-ring (bicyclic) bond motifs is 2. The van der Waals surface area contributed by atoms with Gasteiger partial charge in [0, 0.05) is 15.4 Å².